The topological polar surface area (TPSA) is 17.1 Å². The molecule has 0 atom stereocenters. The van der Waals surface area contributed by atoms with Crippen LogP contribution in [0.3, 0.4) is 0 Å². The molecule has 0 aromatic rings. The summed E-state index contributed by atoms with van der Waals surface area (Å²) in [5.41, 5.74) is 0. The van der Waals surface area contributed by atoms with E-state index in [-0.39, 0.29) is 0 Å². The van der Waals surface area contributed by atoms with Crippen molar-refractivity contribution in [2.24, 2.45) is 0 Å². The predicted molar refractivity (Wildman–Crippen MR) is 27.3 cm³/mol. The molecule has 0 aliphatic heterocycles. The van der Waals surface area contributed by atoms with Crippen LogP contribution in [0, 0.1) is 24.2 Å². The largest absolute Gasteiger partial charge is 0.289 e. The Morgan fingerprint density at radius 1 is 1.71 bits per heavy atom. The summed E-state index contributed by atoms with van der Waals surface area (Å²) in [7, 11) is 0. The molecular weight excluding hydrogens is 88.1 g/mol. The van der Waals surface area contributed by atoms with Crippen LogP contribution in [0.15, 0.2) is 0 Å². The molecule has 7 heavy (non-hydrogen) atoms. The van der Waals surface area contributed by atoms with Gasteiger partial charge in [-0.3, -0.25) is 4.79 Å². The maximum absolute atomic E-state index is 9.44. The van der Waals surface area contributed by atoms with E-state index in [1.807, 2.05) is 0 Å². The zero-order chi connectivity index (χ0) is 5.54. The van der Waals surface area contributed by atoms with Crippen molar-refractivity contribution in [1.82, 2.24) is 0 Å². The lowest BCUT2D eigenvalue weighted by molar-refractivity contribution is -0.103. The fourth-order valence-corrected chi connectivity index (χ4v) is 0.144. The van der Waals surface area contributed by atoms with Crippen LogP contribution >= 0.6 is 0 Å². The molecule has 0 fully saturated rings. The maximum Gasteiger partial charge on any atom is 0.192 e. The third-order valence-electron chi connectivity index (χ3n) is 0.351. The van der Waals surface area contributed by atoms with Crippen LogP contribution in [0.5, 0.6) is 0 Å². The molecule has 0 aliphatic carbocycles. The Hall–Kier alpha value is -1.21. The highest BCUT2D eigenvalue weighted by atomic mass is 16.1. The fraction of sp³-hybridized carbons (Fsp3) is 0.167. The smallest absolute Gasteiger partial charge is 0.192 e. The van der Waals surface area contributed by atoms with E-state index in [9.17, 15) is 4.79 Å². The van der Waals surface area contributed by atoms with Gasteiger partial charge in [0, 0.05) is 0 Å². The van der Waals surface area contributed by atoms with Crippen LogP contribution in [0.25, 0.3) is 0 Å². The van der Waals surface area contributed by atoms with Crippen LogP contribution in [0.2, 0.25) is 0 Å². The Morgan fingerprint density at radius 2 is 2.43 bits per heavy atom. The van der Waals surface area contributed by atoms with Gasteiger partial charge in [0.15, 0.2) is 6.29 Å². The summed E-state index contributed by atoms with van der Waals surface area (Å²) in [4.78, 5) is 9.44. The van der Waals surface area contributed by atoms with E-state index in [0.717, 1.165) is 0 Å². The molecule has 0 aromatic heterocycles. The van der Waals surface area contributed by atoms with Gasteiger partial charge in [0.1, 0.15) is 0 Å². The van der Waals surface area contributed by atoms with Crippen LogP contribution in [-0.2, 0) is 4.79 Å². The zero-order valence-corrected chi connectivity index (χ0v) is 3.77. The lowest BCUT2D eigenvalue weighted by Gasteiger charge is -1.60. The first-order valence-electron chi connectivity index (χ1n) is 1.77. The van der Waals surface area contributed by atoms with E-state index in [2.05, 4.69) is 17.8 Å². The minimum Gasteiger partial charge on any atom is -0.289 e. The molecule has 0 radical (unpaired) electrons. The molecule has 0 N–H and O–H groups in total. The highest BCUT2D eigenvalue weighted by molar-refractivity contribution is 5.72. The quantitative estimate of drug-likeness (QED) is 0.308. The summed E-state index contributed by atoms with van der Waals surface area (Å²) in [5, 5.41) is 0. The number of hydrogen-bond donors (Lipinski definition) is 0. The van der Waals surface area contributed by atoms with Gasteiger partial charge in [-0.2, -0.15) is 0 Å². The second-order valence-corrected chi connectivity index (χ2v) is 0.820. The SMILES string of the molecule is C#CCC#CC=O. The van der Waals surface area contributed by atoms with Crippen molar-refractivity contribution >= 4 is 6.29 Å². The van der Waals surface area contributed by atoms with Gasteiger partial charge < -0.3 is 0 Å². The normalized spacial score (nSPS) is 5.00. The van der Waals surface area contributed by atoms with Crippen molar-refractivity contribution in [2.45, 2.75) is 6.42 Å². The van der Waals surface area contributed by atoms with Crippen LogP contribution in [0.1, 0.15) is 6.42 Å². The van der Waals surface area contributed by atoms with E-state index in [1.165, 1.54) is 0 Å². The van der Waals surface area contributed by atoms with Crippen molar-refractivity contribution < 1.29 is 4.79 Å². The van der Waals surface area contributed by atoms with E-state index >= 15 is 0 Å². The standard InChI is InChI=1S/C6H4O/c1-2-3-4-5-6-7/h1,6H,3H2. The van der Waals surface area contributed by atoms with Gasteiger partial charge in [-0.1, -0.05) is 11.8 Å². The van der Waals surface area contributed by atoms with Gasteiger partial charge in [0.05, 0.1) is 6.42 Å². The van der Waals surface area contributed by atoms with Gasteiger partial charge >= 0.3 is 0 Å². The van der Waals surface area contributed by atoms with E-state index in [4.69, 9.17) is 6.42 Å². The molecule has 1 nitrogen and oxygen atoms in total. The molecule has 1 heteroatoms. The number of rotatable bonds is 0. The molecule has 0 saturated heterocycles. The molecule has 0 unspecified atom stereocenters. The maximum atomic E-state index is 9.44. The highest BCUT2D eigenvalue weighted by Gasteiger charge is 1.58. The average molecular weight is 92.1 g/mol. The highest BCUT2D eigenvalue weighted by Crippen LogP contribution is 1.63. The van der Waals surface area contributed by atoms with E-state index < -0.39 is 0 Å². The lowest BCUT2D eigenvalue weighted by Crippen LogP contribution is -1.59. The molecular formula is C6H4O. The molecule has 0 heterocycles. The number of aldehydes is 1. The van der Waals surface area contributed by atoms with Crippen LogP contribution < -0.4 is 0 Å². The van der Waals surface area contributed by atoms with E-state index in [1.54, 1.807) is 0 Å². The lowest BCUT2D eigenvalue weighted by atomic mass is 10.4. The number of carbonyl (C=O) groups excluding carboxylic acids is 1. The molecule has 0 aliphatic rings. The Morgan fingerprint density at radius 3 is 2.86 bits per heavy atom. The van der Waals surface area contributed by atoms with Crippen molar-refractivity contribution in [3.63, 3.8) is 0 Å². The summed E-state index contributed by atoms with van der Waals surface area (Å²) in [5.74, 6) is 6.88. The number of hydrogen-bond acceptors (Lipinski definition) is 1. The first-order valence-corrected chi connectivity index (χ1v) is 1.77. The molecule has 0 aromatic carbocycles. The minimum absolute atomic E-state index is 0.360. The first-order chi connectivity index (χ1) is 3.41. The third-order valence-corrected chi connectivity index (χ3v) is 0.351. The van der Waals surface area contributed by atoms with Gasteiger partial charge in [-0.25, -0.2) is 0 Å². The fourth-order valence-electron chi connectivity index (χ4n) is 0.144. The van der Waals surface area contributed by atoms with Crippen molar-refractivity contribution in [3.05, 3.63) is 0 Å². The molecule has 0 amide bonds. The second-order valence-electron chi connectivity index (χ2n) is 0.820. The van der Waals surface area contributed by atoms with E-state index in [0.29, 0.717) is 12.7 Å². The minimum atomic E-state index is 0.360. The number of carbonyl (C=O) groups is 1. The van der Waals surface area contributed by atoms with Gasteiger partial charge in [0.25, 0.3) is 0 Å². The monoisotopic (exact) mass is 92.0 g/mol. The Kier molecular flexibility index (Phi) is 3.96. The van der Waals surface area contributed by atoms with Crippen molar-refractivity contribution in [3.8, 4) is 24.2 Å². The Bertz CT molecular complexity index is 140. The molecule has 0 spiro atoms. The average Bonchev–Trinajstić information content (AvgIpc) is 1.69. The second kappa shape index (κ2) is 4.79. The summed E-state index contributed by atoms with van der Waals surface area (Å²) >= 11 is 0. The Balaban J connectivity index is 3.30. The predicted octanol–water partition coefficient (Wildman–Crippen LogP) is 0.212. The van der Waals surface area contributed by atoms with Gasteiger partial charge in [0.2, 0.25) is 0 Å². The summed E-state index contributed by atoms with van der Waals surface area (Å²) in [6.07, 6.45) is 5.69. The first kappa shape index (κ1) is 5.79. The molecule has 0 rings (SSSR count). The number of terminal acetylenes is 1. The van der Waals surface area contributed by atoms with Crippen LogP contribution in [-0.4, -0.2) is 6.29 Å². The molecule has 0 saturated carbocycles. The van der Waals surface area contributed by atoms with Crippen molar-refractivity contribution in [1.29, 1.82) is 0 Å². The summed E-state index contributed by atoms with van der Waals surface area (Å²) in [6.45, 7) is 0. The van der Waals surface area contributed by atoms with Crippen molar-refractivity contribution in [2.75, 3.05) is 0 Å². The third kappa shape index (κ3) is 4.79. The molecule has 34 valence electrons. The van der Waals surface area contributed by atoms with Gasteiger partial charge in [-0.05, 0) is 5.92 Å². The molecule has 0 bridgehead atoms. The summed E-state index contributed by atoms with van der Waals surface area (Å²) in [6, 6.07) is 0. The zero-order valence-electron chi connectivity index (χ0n) is 3.77. The van der Waals surface area contributed by atoms with Crippen LogP contribution in [0.4, 0.5) is 0 Å². The Labute approximate surface area is 42.7 Å². The van der Waals surface area contributed by atoms with Gasteiger partial charge in [-0.15, -0.1) is 6.42 Å². The summed E-state index contributed by atoms with van der Waals surface area (Å²) < 4.78 is 0.